The van der Waals surface area contributed by atoms with Gasteiger partial charge in [-0.15, -0.1) is 0 Å². The van der Waals surface area contributed by atoms with Crippen LogP contribution in [-0.2, 0) is 30.6 Å². The van der Waals surface area contributed by atoms with Crippen LogP contribution in [0.2, 0.25) is 0 Å². The number of fused-ring (bicyclic) bond motifs is 1. The van der Waals surface area contributed by atoms with Gasteiger partial charge in [0.2, 0.25) is 5.91 Å². The van der Waals surface area contributed by atoms with E-state index in [4.69, 9.17) is 4.98 Å². The Labute approximate surface area is 181 Å². The number of para-hydroxylation sites is 1. The van der Waals surface area contributed by atoms with Crippen LogP contribution in [0, 0.1) is 0 Å². The van der Waals surface area contributed by atoms with Crippen LogP contribution in [0.1, 0.15) is 36.1 Å². The summed E-state index contributed by atoms with van der Waals surface area (Å²) in [5, 5.41) is 0.741. The lowest BCUT2D eigenvalue weighted by Gasteiger charge is -2.20. The number of aryl methyl sites for hydroxylation is 2. The van der Waals surface area contributed by atoms with E-state index < -0.39 is 0 Å². The smallest absolute Gasteiger partial charge is 0.233 e. The fraction of sp³-hybridized carbons (Fsp3) is 0.240. The highest BCUT2D eigenvalue weighted by Crippen LogP contribution is 2.32. The third kappa shape index (κ3) is 4.41. The van der Waals surface area contributed by atoms with Crippen molar-refractivity contribution < 1.29 is 4.79 Å². The predicted molar refractivity (Wildman–Crippen MR) is 124 cm³/mol. The number of rotatable bonds is 7. The average molecular weight is 416 g/mol. The van der Waals surface area contributed by atoms with Gasteiger partial charge < -0.3 is 0 Å². The molecule has 0 N–H and O–H groups in total. The van der Waals surface area contributed by atoms with Crippen molar-refractivity contribution >= 4 is 32.6 Å². The normalized spacial score (nSPS) is 11.0. The van der Waals surface area contributed by atoms with Crippen molar-refractivity contribution in [2.24, 2.45) is 0 Å². The van der Waals surface area contributed by atoms with Crippen LogP contribution < -0.4 is 4.90 Å². The second-order valence-electron chi connectivity index (χ2n) is 7.30. The molecule has 0 unspecified atom stereocenters. The molecule has 0 saturated heterocycles. The highest BCUT2D eigenvalue weighted by molar-refractivity contribution is 7.22. The Morgan fingerprint density at radius 1 is 0.933 bits per heavy atom. The summed E-state index contributed by atoms with van der Waals surface area (Å²) >= 11 is 1.57. The molecule has 1 amide bonds. The zero-order valence-corrected chi connectivity index (χ0v) is 18.2. The van der Waals surface area contributed by atoms with Gasteiger partial charge in [0.05, 0.1) is 23.2 Å². The molecule has 4 aromatic rings. The maximum absolute atomic E-state index is 13.4. The molecule has 0 bridgehead atoms. The highest BCUT2D eigenvalue weighted by atomic mass is 32.1. The maximum atomic E-state index is 13.4. The van der Waals surface area contributed by atoms with Gasteiger partial charge in [0, 0.05) is 12.4 Å². The first kappa shape index (κ1) is 20.2. The van der Waals surface area contributed by atoms with Crippen LogP contribution in [0.15, 0.2) is 67.0 Å². The van der Waals surface area contributed by atoms with Crippen molar-refractivity contribution in [2.45, 2.75) is 39.7 Å². The minimum atomic E-state index is 0.0419. The molecule has 0 atom stereocenters. The van der Waals surface area contributed by atoms with Gasteiger partial charge in [-0.2, -0.15) is 0 Å². The van der Waals surface area contributed by atoms with Crippen molar-refractivity contribution in [1.82, 2.24) is 9.97 Å². The largest absolute Gasteiger partial charge is 0.283 e. The number of aromatic nitrogens is 2. The van der Waals surface area contributed by atoms with Crippen LogP contribution >= 0.6 is 11.3 Å². The highest BCUT2D eigenvalue weighted by Gasteiger charge is 2.21. The van der Waals surface area contributed by atoms with Crippen LogP contribution in [0.3, 0.4) is 0 Å². The van der Waals surface area contributed by atoms with Crippen molar-refractivity contribution in [1.29, 1.82) is 0 Å². The number of hydrogen-bond acceptors (Lipinski definition) is 4. The van der Waals surface area contributed by atoms with Gasteiger partial charge in [-0.3, -0.25) is 14.7 Å². The summed E-state index contributed by atoms with van der Waals surface area (Å²) in [4.78, 5) is 24.3. The Hall–Kier alpha value is -3.05. The standard InChI is InChI=1S/C25H25N3OS/c1-3-18-10-12-19(13-11-18)15-23(29)28(17-20-7-6-14-26-16-20)25-27-24-21(4-2)8-5-9-22(24)30-25/h5-14,16H,3-4,15,17H2,1-2H3. The molecule has 0 fully saturated rings. The quantitative estimate of drug-likeness (QED) is 0.395. The van der Waals surface area contributed by atoms with Crippen molar-refractivity contribution in [3.05, 3.63) is 89.2 Å². The van der Waals surface area contributed by atoms with Crippen LogP contribution in [0.5, 0.6) is 0 Å². The lowest BCUT2D eigenvalue weighted by molar-refractivity contribution is -0.118. The number of hydrogen-bond donors (Lipinski definition) is 0. The second-order valence-corrected chi connectivity index (χ2v) is 8.31. The van der Waals surface area contributed by atoms with Gasteiger partial charge >= 0.3 is 0 Å². The third-order valence-corrected chi connectivity index (χ3v) is 6.30. The molecule has 30 heavy (non-hydrogen) atoms. The molecule has 2 aromatic heterocycles. The summed E-state index contributed by atoms with van der Waals surface area (Å²) in [5.41, 5.74) is 5.48. The minimum Gasteiger partial charge on any atom is -0.283 e. The van der Waals surface area contributed by atoms with Crippen molar-refractivity contribution in [3.8, 4) is 0 Å². The van der Waals surface area contributed by atoms with Gasteiger partial charge in [-0.1, -0.05) is 67.6 Å². The summed E-state index contributed by atoms with van der Waals surface area (Å²) in [6.07, 6.45) is 5.81. The van der Waals surface area contributed by atoms with Crippen LogP contribution in [-0.4, -0.2) is 15.9 Å². The van der Waals surface area contributed by atoms with E-state index in [1.807, 2.05) is 24.3 Å². The first-order chi connectivity index (χ1) is 14.7. The molecule has 4 nitrogen and oxygen atoms in total. The Morgan fingerprint density at radius 2 is 1.73 bits per heavy atom. The summed E-state index contributed by atoms with van der Waals surface area (Å²) in [6, 6.07) is 18.4. The number of thiazole rings is 1. The fourth-order valence-electron chi connectivity index (χ4n) is 3.49. The van der Waals surface area contributed by atoms with Gasteiger partial charge in [0.25, 0.3) is 0 Å². The number of carbonyl (C=O) groups excluding carboxylic acids is 1. The molecule has 0 spiro atoms. The van der Waals surface area contributed by atoms with E-state index in [0.29, 0.717) is 13.0 Å². The van der Waals surface area contributed by atoms with E-state index in [9.17, 15) is 4.79 Å². The molecule has 0 saturated carbocycles. The first-order valence-corrected chi connectivity index (χ1v) is 11.1. The van der Waals surface area contributed by atoms with E-state index in [0.717, 1.165) is 39.3 Å². The molecule has 5 heteroatoms. The molecule has 0 radical (unpaired) electrons. The summed E-state index contributed by atoms with van der Waals surface area (Å²) in [5.74, 6) is 0.0419. The van der Waals surface area contributed by atoms with E-state index in [-0.39, 0.29) is 5.91 Å². The Kier molecular flexibility index (Phi) is 6.19. The number of benzene rings is 2. The Morgan fingerprint density at radius 3 is 2.43 bits per heavy atom. The zero-order chi connectivity index (χ0) is 20.9. The maximum Gasteiger partial charge on any atom is 0.233 e. The average Bonchev–Trinajstić information content (AvgIpc) is 3.22. The predicted octanol–water partition coefficient (Wildman–Crippen LogP) is 5.59. The van der Waals surface area contributed by atoms with E-state index >= 15 is 0 Å². The Balaban J connectivity index is 1.67. The van der Waals surface area contributed by atoms with Crippen LogP contribution in [0.4, 0.5) is 5.13 Å². The third-order valence-electron chi connectivity index (χ3n) is 5.25. The first-order valence-electron chi connectivity index (χ1n) is 10.3. The van der Waals surface area contributed by atoms with Gasteiger partial charge in [0.1, 0.15) is 0 Å². The zero-order valence-electron chi connectivity index (χ0n) is 17.3. The lowest BCUT2D eigenvalue weighted by Crippen LogP contribution is -2.31. The van der Waals surface area contributed by atoms with Gasteiger partial charge in [-0.05, 0) is 47.2 Å². The summed E-state index contributed by atoms with van der Waals surface area (Å²) in [7, 11) is 0. The molecular formula is C25H25N3OS. The molecule has 2 aromatic carbocycles. The van der Waals surface area contributed by atoms with Gasteiger partial charge in [0.15, 0.2) is 5.13 Å². The molecule has 2 heterocycles. The molecule has 4 rings (SSSR count). The number of anilines is 1. The monoisotopic (exact) mass is 415 g/mol. The van der Waals surface area contributed by atoms with E-state index in [2.05, 4.69) is 49.2 Å². The van der Waals surface area contributed by atoms with E-state index in [1.54, 1.807) is 28.6 Å². The minimum absolute atomic E-state index is 0.0419. The number of amides is 1. The van der Waals surface area contributed by atoms with Crippen LogP contribution in [0.25, 0.3) is 10.2 Å². The molecule has 0 aliphatic heterocycles. The lowest BCUT2D eigenvalue weighted by atomic mass is 10.1. The second kappa shape index (κ2) is 9.18. The summed E-state index contributed by atoms with van der Waals surface area (Å²) < 4.78 is 1.11. The van der Waals surface area contributed by atoms with E-state index in [1.165, 1.54) is 11.1 Å². The number of carbonyl (C=O) groups is 1. The fourth-order valence-corrected chi connectivity index (χ4v) is 4.52. The molecule has 152 valence electrons. The number of pyridine rings is 1. The SMILES string of the molecule is CCc1ccc(CC(=O)N(Cc2cccnc2)c2nc3c(CC)cccc3s2)cc1. The van der Waals surface area contributed by atoms with Crippen molar-refractivity contribution in [2.75, 3.05) is 4.90 Å². The Bertz CT molecular complexity index is 1140. The molecular weight excluding hydrogens is 390 g/mol. The molecule has 0 aliphatic rings. The summed E-state index contributed by atoms with van der Waals surface area (Å²) in [6.45, 7) is 4.72. The topological polar surface area (TPSA) is 46.1 Å². The number of nitrogens with zero attached hydrogens (tertiary/aromatic N) is 3. The van der Waals surface area contributed by atoms with Gasteiger partial charge in [-0.25, -0.2) is 4.98 Å². The molecule has 0 aliphatic carbocycles. The van der Waals surface area contributed by atoms with Crippen molar-refractivity contribution in [3.63, 3.8) is 0 Å².